The summed E-state index contributed by atoms with van der Waals surface area (Å²) in [5, 5.41) is 4.56. The van der Waals surface area contributed by atoms with E-state index in [0.29, 0.717) is 5.92 Å². The molecule has 1 unspecified atom stereocenters. The molecule has 29 heavy (non-hydrogen) atoms. The number of piperidine rings is 1. The van der Waals surface area contributed by atoms with Crippen molar-refractivity contribution in [2.75, 3.05) is 63.8 Å². The monoisotopic (exact) mass is 535 g/mol. The summed E-state index contributed by atoms with van der Waals surface area (Å²) in [6, 6.07) is 0. The predicted octanol–water partition coefficient (Wildman–Crippen LogP) is 2.93. The molecule has 0 saturated carbocycles. The molecule has 1 aromatic heterocycles. The zero-order valence-corrected chi connectivity index (χ0v) is 21.4. The first-order valence-electron chi connectivity index (χ1n) is 11.0. The van der Waals surface area contributed by atoms with Crippen molar-refractivity contribution in [3.8, 4) is 0 Å². The molecule has 2 aliphatic rings. The highest BCUT2D eigenvalue weighted by atomic mass is 127. The van der Waals surface area contributed by atoms with Crippen LogP contribution in [0.25, 0.3) is 0 Å². The number of hydrogen-bond donors (Lipinski definition) is 1. The zero-order valence-electron chi connectivity index (χ0n) is 18.3. The molecule has 2 aliphatic heterocycles. The van der Waals surface area contributed by atoms with Crippen LogP contribution in [0, 0.1) is 5.92 Å². The second-order valence-corrected chi connectivity index (χ2v) is 8.71. The highest BCUT2D eigenvalue weighted by Gasteiger charge is 2.22. The fourth-order valence-corrected chi connectivity index (χ4v) is 4.74. The molecular weight excluding hydrogens is 497 g/mol. The van der Waals surface area contributed by atoms with E-state index >= 15 is 0 Å². The molecule has 1 aromatic rings. The average Bonchev–Trinajstić information content (AvgIpc) is 3.21. The summed E-state index contributed by atoms with van der Waals surface area (Å²) in [7, 11) is 0. The van der Waals surface area contributed by atoms with Gasteiger partial charge in [-0.2, -0.15) is 4.37 Å². The molecule has 2 saturated heterocycles. The van der Waals surface area contributed by atoms with Crippen molar-refractivity contribution in [1.82, 2.24) is 24.5 Å². The molecule has 166 valence electrons. The third-order valence-electron chi connectivity index (χ3n) is 5.53. The van der Waals surface area contributed by atoms with Gasteiger partial charge >= 0.3 is 0 Å². The van der Waals surface area contributed by atoms with Gasteiger partial charge in [-0.15, -0.1) is 24.0 Å². The lowest BCUT2D eigenvalue weighted by Crippen LogP contribution is -2.52. The second kappa shape index (κ2) is 12.9. The number of rotatable bonds is 7. The van der Waals surface area contributed by atoms with E-state index in [0.717, 1.165) is 62.6 Å². The summed E-state index contributed by atoms with van der Waals surface area (Å²) >= 11 is 1.53. The number of hydrogen-bond acceptors (Lipinski definition) is 6. The molecule has 0 radical (unpaired) electrons. The van der Waals surface area contributed by atoms with E-state index in [4.69, 9.17) is 4.99 Å². The number of piperazine rings is 1. The molecule has 0 bridgehead atoms. The fraction of sp³-hybridized carbons (Fsp3) is 0.850. The predicted molar refractivity (Wildman–Crippen MR) is 134 cm³/mol. The van der Waals surface area contributed by atoms with Gasteiger partial charge in [0.1, 0.15) is 5.82 Å². The van der Waals surface area contributed by atoms with Gasteiger partial charge in [0.05, 0.1) is 0 Å². The number of likely N-dealkylation sites (tertiary alicyclic amines) is 1. The summed E-state index contributed by atoms with van der Waals surface area (Å²) in [6.07, 6.45) is 5.02. The summed E-state index contributed by atoms with van der Waals surface area (Å²) in [4.78, 5) is 17.0. The Morgan fingerprint density at radius 3 is 2.45 bits per heavy atom. The lowest BCUT2D eigenvalue weighted by Gasteiger charge is -2.36. The third-order valence-corrected chi connectivity index (χ3v) is 6.34. The first kappa shape index (κ1) is 24.6. The highest BCUT2D eigenvalue weighted by molar-refractivity contribution is 14.0. The quantitative estimate of drug-likeness (QED) is 0.329. The van der Waals surface area contributed by atoms with Gasteiger partial charge in [-0.1, -0.05) is 20.3 Å². The lowest BCUT2D eigenvalue weighted by molar-refractivity contribution is 0.202. The van der Waals surface area contributed by atoms with E-state index in [2.05, 4.69) is 50.1 Å². The third kappa shape index (κ3) is 7.50. The van der Waals surface area contributed by atoms with Gasteiger partial charge in [-0.3, -0.25) is 4.99 Å². The van der Waals surface area contributed by atoms with Gasteiger partial charge in [0.25, 0.3) is 0 Å². The number of aromatic nitrogens is 2. The normalized spacial score (nSPS) is 19.8. The first-order chi connectivity index (χ1) is 13.7. The summed E-state index contributed by atoms with van der Waals surface area (Å²) < 4.78 is 4.43. The molecule has 1 N–H and O–H groups in total. The topological polar surface area (TPSA) is 59.9 Å². The Morgan fingerprint density at radius 1 is 1.10 bits per heavy atom. The van der Waals surface area contributed by atoms with Gasteiger partial charge in [0, 0.05) is 63.8 Å². The summed E-state index contributed by atoms with van der Waals surface area (Å²) in [5.41, 5.74) is 0. The van der Waals surface area contributed by atoms with Crippen LogP contribution >= 0.6 is 35.5 Å². The van der Waals surface area contributed by atoms with Crippen molar-refractivity contribution in [3.63, 3.8) is 0 Å². The molecule has 1 atom stereocenters. The number of nitrogens with zero attached hydrogens (tertiary/aromatic N) is 6. The molecule has 7 nitrogen and oxygen atoms in total. The molecule has 0 aliphatic carbocycles. The van der Waals surface area contributed by atoms with Gasteiger partial charge in [0.15, 0.2) is 5.96 Å². The number of halogens is 1. The minimum atomic E-state index is 0. The van der Waals surface area contributed by atoms with Crippen LogP contribution in [0.4, 0.5) is 5.13 Å². The molecule has 2 fully saturated rings. The SMILES string of the molecule is CCNC(=NCC(C)CN1CCCCC1)N1CCN(c2nc(CC)ns2)CC1.I. The Kier molecular flexibility index (Phi) is 10.9. The molecular formula is C20H38IN7S. The van der Waals surface area contributed by atoms with Crippen molar-refractivity contribution in [2.24, 2.45) is 10.9 Å². The van der Waals surface area contributed by atoms with Crippen LogP contribution in [-0.2, 0) is 6.42 Å². The first-order valence-corrected chi connectivity index (χ1v) is 11.8. The van der Waals surface area contributed by atoms with E-state index in [9.17, 15) is 0 Å². The smallest absolute Gasteiger partial charge is 0.205 e. The van der Waals surface area contributed by atoms with E-state index in [-0.39, 0.29) is 24.0 Å². The number of aryl methyl sites for hydroxylation is 1. The van der Waals surface area contributed by atoms with Crippen molar-refractivity contribution in [1.29, 1.82) is 0 Å². The molecule has 0 spiro atoms. The second-order valence-electron chi connectivity index (χ2n) is 7.98. The van der Waals surface area contributed by atoms with Gasteiger partial charge in [-0.05, 0) is 38.8 Å². The van der Waals surface area contributed by atoms with E-state index < -0.39 is 0 Å². The van der Waals surface area contributed by atoms with Gasteiger partial charge in [0.2, 0.25) is 5.13 Å². The summed E-state index contributed by atoms with van der Waals surface area (Å²) in [6.45, 7) is 16.0. The zero-order chi connectivity index (χ0) is 19.8. The van der Waals surface area contributed by atoms with Crippen LogP contribution in [0.1, 0.15) is 45.9 Å². The standard InChI is InChI=1S/C20H37N7S.HI/c1-4-18-23-20(28-24-18)27-13-11-26(12-14-27)19(21-5-2)22-15-17(3)16-25-9-7-6-8-10-25;/h17H,4-16H2,1-3H3,(H,21,22);1H. The minimum Gasteiger partial charge on any atom is -0.357 e. The molecule has 3 heterocycles. The Morgan fingerprint density at radius 2 is 1.83 bits per heavy atom. The van der Waals surface area contributed by atoms with Crippen LogP contribution in [0.2, 0.25) is 0 Å². The summed E-state index contributed by atoms with van der Waals surface area (Å²) in [5.74, 6) is 2.63. The number of aliphatic imine (C=N–C) groups is 1. The number of nitrogens with one attached hydrogen (secondary N) is 1. The Hall–Kier alpha value is -0.680. The van der Waals surface area contributed by atoms with Gasteiger partial charge < -0.3 is 20.0 Å². The molecule has 3 rings (SSSR count). The Labute approximate surface area is 197 Å². The van der Waals surface area contributed by atoms with E-state index in [1.54, 1.807) is 0 Å². The van der Waals surface area contributed by atoms with Crippen LogP contribution in [0.3, 0.4) is 0 Å². The van der Waals surface area contributed by atoms with Crippen molar-refractivity contribution < 1.29 is 0 Å². The maximum atomic E-state index is 4.98. The van der Waals surface area contributed by atoms with E-state index in [1.807, 2.05) is 0 Å². The molecule has 0 amide bonds. The Balaban J connectivity index is 0.00000300. The van der Waals surface area contributed by atoms with Crippen LogP contribution in [-0.4, -0.2) is 84.0 Å². The van der Waals surface area contributed by atoms with Crippen LogP contribution < -0.4 is 10.2 Å². The number of guanidine groups is 1. The molecule has 9 heteroatoms. The van der Waals surface area contributed by atoms with Crippen molar-refractivity contribution >= 4 is 46.6 Å². The van der Waals surface area contributed by atoms with Gasteiger partial charge in [-0.25, -0.2) is 4.98 Å². The van der Waals surface area contributed by atoms with Crippen LogP contribution in [0.5, 0.6) is 0 Å². The fourth-order valence-electron chi connectivity index (χ4n) is 3.93. The average molecular weight is 536 g/mol. The number of anilines is 1. The molecule has 0 aromatic carbocycles. The van der Waals surface area contributed by atoms with Crippen molar-refractivity contribution in [2.45, 2.75) is 46.5 Å². The lowest BCUT2D eigenvalue weighted by atomic mass is 10.1. The van der Waals surface area contributed by atoms with E-state index in [1.165, 1.54) is 50.4 Å². The maximum absolute atomic E-state index is 4.98. The minimum absolute atomic E-state index is 0. The Bertz CT molecular complexity index is 610. The van der Waals surface area contributed by atoms with Crippen molar-refractivity contribution in [3.05, 3.63) is 5.82 Å². The maximum Gasteiger partial charge on any atom is 0.205 e. The largest absolute Gasteiger partial charge is 0.357 e. The highest BCUT2D eigenvalue weighted by Crippen LogP contribution is 2.19. The van der Waals surface area contributed by atoms with Crippen LogP contribution in [0.15, 0.2) is 4.99 Å².